The van der Waals surface area contributed by atoms with E-state index in [4.69, 9.17) is 4.52 Å². The highest BCUT2D eigenvalue weighted by atomic mass is 32.1. The molecule has 2 aromatic heterocycles. The number of anilines is 1. The van der Waals surface area contributed by atoms with Gasteiger partial charge in [-0.3, -0.25) is 4.79 Å². The van der Waals surface area contributed by atoms with Crippen molar-refractivity contribution in [2.24, 2.45) is 0 Å². The molecule has 2 aromatic carbocycles. The molecule has 128 valence electrons. The molecule has 0 bridgehead atoms. The zero-order chi connectivity index (χ0) is 17.9. The average Bonchev–Trinajstić information content (AvgIpc) is 3.34. The van der Waals surface area contributed by atoms with Crippen molar-refractivity contribution < 1.29 is 9.32 Å². The minimum absolute atomic E-state index is 0.185. The van der Waals surface area contributed by atoms with Crippen molar-refractivity contribution in [1.82, 2.24) is 10.1 Å². The molecule has 0 saturated heterocycles. The van der Waals surface area contributed by atoms with Crippen LogP contribution in [0, 0.1) is 6.92 Å². The van der Waals surface area contributed by atoms with Gasteiger partial charge in [-0.2, -0.15) is 4.98 Å². The number of thiophene rings is 1. The molecule has 5 nitrogen and oxygen atoms in total. The lowest BCUT2D eigenvalue weighted by Gasteiger charge is -2.08. The first kappa shape index (κ1) is 16.2. The molecule has 6 heteroatoms. The molecular formula is C20H15N3O2S. The number of amides is 1. The molecule has 1 N–H and O–H groups in total. The highest BCUT2D eigenvalue weighted by Crippen LogP contribution is 2.30. The number of nitrogens with zero attached hydrogens (tertiary/aromatic N) is 2. The molecule has 0 radical (unpaired) electrons. The van der Waals surface area contributed by atoms with Crippen molar-refractivity contribution >= 4 is 22.9 Å². The van der Waals surface area contributed by atoms with Gasteiger partial charge in [0, 0.05) is 5.56 Å². The molecule has 0 aliphatic carbocycles. The summed E-state index contributed by atoms with van der Waals surface area (Å²) in [5.74, 6) is 0.721. The number of benzene rings is 2. The lowest BCUT2D eigenvalue weighted by Crippen LogP contribution is -2.12. The fourth-order valence-electron chi connectivity index (χ4n) is 2.52. The number of para-hydroxylation sites is 1. The van der Waals surface area contributed by atoms with E-state index < -0.39 is 0 Å². The van der Waals surface area contributed by atoms with E-state index >= 15 is 0 Å². The van der Waals surface area contributed by atoms with Crippen molar-refractivity contribution in [1.29, 1.82) is 0 Å². The van der Waals surface area contributed by atoms with Crippen LogP contribution < -0.4 is 5.32 Å². The predicted molar refractivity (Wildman–Crippen MR) is 102 cm³/mol. The summed E-state index contributed by atoms with van der Waals surface area (Å²) >= 11 is 1.54. The highest BCUT2D eigenvalue weighted by Gasteiger charge is 2.16. The molecule has 26 heavy (non-hydrogen) atoms. The first-order valence-electron chi connectivity index (χ1n) is 8.06. The van der Waals surface area contributed by atoms with Crippen LogP contribution in [-0.2, 0) is 0 Å². The van der Waals surface area contributed by atoms with Crippen LogP contribution in [0.3, 0.4) is 0 Å². The van der Waals surface area contributed by atoms with Gasteiger partial charge >= 0.3 is 0 Å². The van der Waals surface area contributed by atoms with Crippen molar-refractivity contribution in [3.05, 3.63) is 77.2 Å². The highest BCUT2D eigenvalue weighted by molar-refractivity contribution is 7.13. The van der Waals surface area contributed by atoms with Crippen LogP contribution in [0.15, 0.2) is 70.6 Å². The molecule has 0 atom stereocenters. The van der Waals surface area contributed by atoms with Crippen molar-refractivity contribution in [2.45, 2.75) is 6.92 Å². The summed E-state index contributed by atoms with van der Waals surface area (Å²) in [6.07, 6.45) is 0. The average molecular weight is 361 g/mol. The van der Waals surface area contributed by atoms with E-state index in [1.165, 1.54) is 0 Å². The smallest absolute Gasteiger partial charge is 0.260 e. The Morgan fingerprint density at radius 1 is 1.04 bits per heavy atom. The number of carbonyl (C=O) groups excluding carboxylic acids is 1. The third-order valence-corrected chi connectivity index (χ3v) is 4.75. The molecule has 0 unspecified atom stereocenters. The van der Waals surface area contributed by atoms with Gasteiger partial charge in [0.25, 0.3) is 11.8 Å². The maximum atomic E-state index is 12.5. The third-order valence-electron chi connectivity index (χ3n) is 3.89. The summed E-state index contributed by atoms with van der Waals surface area (Å²) in [4.78, 5) is 17.9. The monoisotopic (exact) mass is 361 g/mol. The zero-order valence-electron chi connectivity index (χ0n) is 14.0. The van der Waals surface area contributed by atoms with Gasteiger partial charge in [0.2, 0.25) is 5.82 Å². The molecule has 4 aromatic rings. The summed E-state index contributed by atoms with van der Waals surface area (Å²) in [6.45, 7) is 1.98. The Balaban J connectivity index is 1.63. The number of aromatic nitrogens is 2. The van der Waals surface area contributed by atoms with Gasteiger partial charge in [-0.25, -0.2) is 0 Å². The lowest BCUT2D eigenvalue weighted by molar-refractivity contribution is 0.102. The fraction of sp³-hybridized carbons (Fsp3) is 0.0500. The van der Waals surface area contributed by atoms with E-state index in [9.17, 15) is 4.79 Å². The van der Waals surface area contributed by atoms with Gasteiger partial charge < -0.3 is 9.84 Å². The molecule has 2 heterocycles. The fourth-order valence-corrected chi connectivity index (χ4v) is 3.17. The molecule has 0 spiro atoms. The van der Waals surface area contributed by atoms with E-state index in [1.54, 1.807) is 23.5 Å². The Labute approximate surface area is 154 Å². The van der Waals surface area contributed by atoms with Crippen LogP contribution in [0.5, 0.6) is 0 Å². The normalized spacial score (nSPS) is 10.7. The minimum atomic E-state index is -0.185. The number of rotatable bonds is 4. The summed E-state index contributed by atoms with van der Waals surface area (Å²) in [6, 6.07) is 18.7. The quantitative estimate of drug-likeness (QED) is 0.554. The maximum Gasteiger partial charge on any atom is 0.260 e. The van der Waals surface area contributed by atoms with Crippen molar-refractivity contribution in [2.75, 3.05) is 5.32 Å². The molecule has 0 aliphatic heterocycles. The van der Waals surface area contributed by atoms with Crippen LogP contribution in [0.1, 0.15) is 15.9 Å². The number of hydrogen-bond acceptors (Lipinski definition) is 5. The summed E-state index contributed by atoms with van der Waals surface area (Å²) in [5, 5.41) is 8.92. The van der Waals surface area contributed by atoms with E-state index in [1.807, 2.05) is 60.8 Å². The number of carbonyl (C=O) groups is 1. The third kappa shape index (κ3) is 3.27. The van der Waals surface area contributed by atoms with Gasteiger partial charge in [-0.05, 0) is 42.6 Å². The van der Waals surface area contributed by atoms with Crippen LogP contribution in [-0.4, -0.2) is 16.0 Å². The summed E-state index contributed by atoms with van der Waals surface area (Å²) in [5.41, 5.74) is 3.01. The topological polar surface area (TPSA) is 68.0 Å². The first-order valence-corrected chi connectivity index (χ1v) is 8.94. The van der Waals surface area contributed by atoms with E-state index in [0.717, 1.165) is 10.4 Å². The zero-order valence-corrected chi connectivity index (χ0v) is 14.8. The number of hydrogen-bond donors (Lipinski definition) is 1. The van der Waals surface area contributed by atoms with Gasteiger partial charge in [0.1, 0.15) is 0 Å². The second-order valence-corrected chi connectivity index (χ2v) is 6.71. The standard InChI is InChI=1S/C20H15N3O2S/c1-13-8-10-14(11-9-13)19(24)21-16-6-3-2-5-15(16)20-22-18(23-25-20)17-7-4-12-26-17/h2-12H,1H3,(H,21,24). The summed E-state index contributed by atoms with van der Waals surface area (Å²) in [7, 11) is 0. The SMILES string of the molecule is Cc1ccc(C(=O)Nc2ccccc2-c2nc(-c3cccs3)no2)cc1. The van der Waals surface area contributed by atoms with Gasteiger partial charge in [0.05, 0.1) is 16.1 Å². The largest absolute Gasteiger partial charge is 0.334 e. The number of aryl methyl sites for hydroxylation is 1. The van der Waals surface area contributed by atoms with Crippen LogP contribution in [0.4, 0.5) is 5.69 Å². The Morgan fingerprint density at radius 3 is 2.62 bits per heavy atom. The predicted octanol–water partition coefficient (Wildman–Crippen LogP) is 5.03. The second-order valence-electron chi connectivity index (χ2n) is 5.77. The molecule has 4 rings (SSSR count). The first-order chi connectivity index (χ1) is 12.7. The molecule has 0 fully saturated rings. The lowest BCUT2D eigenvalue weighted by atomic mass is 10.1. The maximum absolute atomic E-state index is 12.5. The van der Waals surface area contributed by atoms with Crippen molar-refractivity contribution in [3.8, 4) is 22.2 Å². The Bertz CT molecular complexity index is 1040. The van der Waals surface area contributed by atoms with E-state index in [-0.39, 0.29) is 5.91 Å². The molecular weight excluding hydrogens is 346 g/mol. The van der Waals surface area contributed by atoms with Gasteiger partial charge in [0.15, 0.2) is 0 Å². The molecule has 1 amide bonds. The second kappa shape index (κ2) is 6.93. The van der Waals surface area contributed by atoms with Gasteiger partial charge in [-0.1, -0.05) is 41.1 Å². The van der Waals surface area contributed by atoms with Crippen LogP contribution in [0.25, 0.3) is 22.2 Å². The van der Waals surface area contributed by atoms with Gasteiger partial charge in [-0.15, -0.1) is 11.3 Å². The van der Waals surface area contributed by atoms with E-state index in [2.05, 4.69) is 15.5 Å². The van der Waals surface area contributed by atoms with Crippen LogP contribution >= 0.6 is 11.3 Å². The Hall–Kier alpha value is -3.25. The van der Waals surface area contributed by atoms with E-state index in [0.29, 0.717) is 28.5 Å². The minimum Gasteiger partial charge on any atom is -0.334 e. The van der Waals surface area contributed by atoms with Crippen molar-refractivity contribution in [3.63, 3.8) is 0 Å². The Kier molecular flexibility index (Phi) is 4.33. The number of nitrogens with one attached hydrogen (secondary N) is 1. The summed E-state index contributed by atoms with van der Waals surface area (Å²) < 4.78 is 5.41. The Morgan fingerprint density at radius 2 is 1.85 bits per heavy atom. The van der Waals surface area contributed by atoms with Crippen LogP contribution in [0.2, 0.25) is 0 Å². The molecule has 0 saturated carbocycles. The molecule has 0 aliphatic rings.